The van der Waals surface area contributed by atoms with E-state index in [1.54, 1.807) is 24.3 Å². The summed E-state index contributed by atoms with van der Waals surface area (Å²) in [5, 5.41) is 0.749. The summed E-state index contributed by atoms with van der Waals surface area (Å²) in [6.07, 6.45) is -0.124. The van der Waals surface area contributed by atoms with E-state index >= 15 is 0 Å². The minimum absolute atomic E-state index is 0.0334. The summed E-state index contributed by atoms with van der Waals surface area (Å²) in [6.45, 7) is -0.0927. The van der Waals surface area contributed by atoms with Gasteiger partial charge in [-0.15, -0.1) is 0 Å². The summed E-state index contributed by atoms with van der Waals surface area (Å²) < 4.78 is 36.5. The van der Waals surface area contributed by atoms with E-state index in [1.807, 2.05) is 0 Å². The molecule has 0 N–H and O–H groups in total. The number of methoxy groups -OCH3 is 1. The van der Waals surface area contributed by atoms with Gasteiger partial charge in [-0.05, 0) is 18.2 Å². The maximum atomic E-state index is 11.8. The van der Waals surface area contributed by atoms with Crippen LogP contribution >= 0.6 is 7.60 Å². The Morgan fingerprint density at radius 2 is 1.84 bits per heavy atom. The number of ether oxygens (including phenoxy) is 2. The molecule has 8 nitrogen and oxygen atoms in total. The van der Waals surface area contributed by atoms with Crippen molar-refractivity contribution >= 4 is 30.5 Å². The minimum atomic E-state index is -3.21. The van der Waals surface area contributed by atoms with Crippen LogP contribution in [0, 0.1) is 0 Å². The lowest BCUT2D eigenvalue weighted by Crippen LogP contribution is -2.12. The first kappa shape index (κ1) is 19.2. The number of benzene rings is 1. The standard InChI is InChI=1S/C16H19O8P/c1-20-16(18)12-5-4-11-8-13(24-14(11)9-12)10-15(17)23-6-7-25(19,21-2)22-3/h4-5,8-9H,6-7,10H2,1-3H3. The number of hydrogen-bond acceptors (Lipinski definition) is 8. The lowest BCUT2D eigenvalue weighted by Gasteiger charge is -2.13. The Labute approximate surface area is 144 Å². The van der Waals surface area contributed by atoms with Gasteiger partial charge in [0.15, 0.2) is 0 Å². The molecule has 0 saturated carbocycles. The molecule has 9 heteroatoms. The Kier molecular flexibility index (Phi) is 6.36. The first-order valence-electron chi connectivity index (χ1n) is 7.37. The van der Waals surface area contributed by atoms with Gasteiger partial charge in [0.1, 0.15) is 24.4 Å². The third kappa shape index (κ3) is 4.92. The number of hydrogen-bond donors (Lipinski definition) is 0. The fourth-order valence-corrected chi connectivity index (χ4v) is 2.97. The number of carbonyl (C=O) groups is 2. The molecule has 136 valence electrons. The van der Waals surface area contributed by atoms with Gasteiger partial charge in [0.05, 0.1) is 18.8 Å². The van der Waals surface area contributed by atoms with Gasteiger partial charge in [0, 0.05) is 19.6 Å². The number of carbonyl (C=O) groups excluding carboxylic acids is 2. The monoisotopic (exact) mass is 370 g/mol. The van der Waals surface area contributed by atoms with Gasteiger partial charge in [-0.3, -0.25) is 9.36 Å². The van der Waals surface area contributed by atoms with E-state index < -0.39 is 19.5 Å². The van der Waals surface area contributed by atoms with Crippen molar-refractivity contribution in [3.05, 3.63) is 35.6 Å². The van der Waals surface area contributed by atoms with Gasteiger partial charge in [-0.2, -0.15) is 0 Å². The van der Waals surface area contributed by atoms with E-state index in [0.717, 1.165) is 5.39 Å². The highest BCUT2D eigenvalue weighted by Crippen LogP contribution is 2.45. The maximum absolute atomic E-state index is 11.8. The van der Waals surface area contributed by atoms with Gasteiger partial charge in [0.2, 0.25) is 0 Å². The fraction of sp³-hybridized carbons (Fsp3) is 0.375. The quantitative estimate of drug-likeness (QED) is 0.516. The molecule has 0 spiro atoms. The van der Waals surface area contributed by atoms with Crippen molar-refractivity contribution in [2.45, 2.75) is 6.42 Å². The fourth-order valence-electron chi connectivity index (χ4n) is 2.14. The van der Waals surface area contributed by atoms with E-state index in [2.05, 4.69) is 4.74 Å². The molecule has 0 bridgehead atoms. The summed E-state index contributed by atoms with van der Waals surface area (Å²) in [7, 11) is 0.622. The second-order valence-corrected chi connectivity index (χ2v) is 7.45. The lowest BCUT2D eigenvalue weighted by molar-refractivity contribution is -0.142. The highest BCUT2D eigenvalue weighted by Gasteiger charge is 2.21. The molecule has 1 heterocycles. The first-order valence-corrected chi connectivity index (χ1v) is 9.10. The highest BCUT2D eigenvalue weighted by atomic mass is 31.2. The van der Waals surface area contributed by atoms with Crippen molar-refractivity contribution in [1.82, 2.24) is 0 Å². The molecule has 0 amide bonds. The molecule has 0 radical (unpaired) electrons. The predicted molar refractivity (Wildman–Crippen MR) is 88.7 cm³/mol. The molecule has 0 unspecified atom stereocenters. The van der Waals surface area contributed by atoms with Gasteiger partial charge < -0.3 is 22.9 Å². The van der Waals surface area contributed by atoms with Crippen molar-refractivity contribution in [2.24, 2.45) is 0 Å². The zero-order chi connectivity index (χ0) is 18.4. The van der Waals surface area contributed by atoms with Crippen LogP contribution in [0.2, 0.25) is 0 Å². The summed E-state index contributed by atoms with van der Waals surface area (Å²) in [5.74, 6) is -0.616. The second kappa shape index (κ2) is 8.29. The molecule has 0 aliphatic carbocycles. The zero-order valence-electron chi connectivity index (χ0n) is 14.1. The third-order valence-corrected chi connectivity index (χ3v) is 5.34. The van der Waals surface area contributed by atoms with E-state index in [9.17, 15) is 14.2 Å². The van der Waals surface area contributed by atoms with Crippen LogP contribution in [0.15, 0.2) is 28.7 Å². The van der Waals surface area contributed by atoms with Crippen molar-refractivity contribution in [2.75, 3.05) is 34.1 Å². The maximum Gasteiger partial charge on any atom is 0.337 e. The minimum Gasteiger partial charge on any atom is -0.465 e. The van der Waals surface area contributed by atoms with E-state index in [1.165, 1.54) is 21.3 Å². The smallest absolute Gasteiger partial charge is 0.337 e. The van der Waals surface area contributed by atoms with Crippen LogP contribution in [0.4, 0.5) is 0 Å². The Bertz CT molecular complexity index is 802. The van der Waals surface area contributed by atoms with Crippen LogP contribution in [-0.4, -0.2) is 46.0 Å². The lowest BCUT2D eigenvalue weighted by atomic mass is 10.1. The third-order valence-electron chi connectivity index (χ3n) is 3.50. The molecule has 0 saturated heterocycles. The normalized spacial score (nSPS) is 11.5. The van der Waals surface area contributed by atoms with Crippen LogP contribution in [0.3, 0.4) is 0 Å². The topological polar surface area (TPSA) is 101 Å². The number of fused-ring (bicyclic) bond motifs is 1. The second-order valence-electron chi connectivity index (χ2n) is 5.05. The van der Waals surface area contributed by atoms with Gasteiger partial charge in [0.25, 0.3) is 0 Å². The molecular weight excluding hydrogens is 351 g/mol. The molecule has 0 aliphatic heterocycles. The van der Waals surface area contributed by atoms with Crippen molar-refractivity contribution in [1.29, 1.82) is 0 Å². The largest absolute Gasteiger partial charge is 0.465 e. The molecule has 25 heavy (non-hydrogen) atoms. The Morgan fingerprint density at radius 1 is 1.12 bits per heavy atom. The van der Waals surface area contributed by atoms with E-state index in [0.29, 0.717) is 16.9 Å². The highest BCUT2D eigenvalue weighted by molar-refractivity contribution is 7.53. The summed E-state index contributed by atoms with van der Waals surface area (Å²) in [6, 6.07) is 6.54. The van der Waals surface area contributed by atoms with Crippen LogP contribution < -0.4 is 0 Å². The van der Waals surface area contributed by atoms with Gasteiger partial charge in [-0.1, -0.05) is 6.07 Å². The molecule has 1 aromatic carbocycles. The van der Waals surface area contributed by atoms with Crippen molar-refractivity contribution in [3.63, 3.8) is 0 Å². The molecular formula is C16H19O8P. The molecule has 0 fully saturated rings. The average Bonchev–Trinajstić information content (AvgIpc) is 3.01. The SMILES string of the molecule is COC(=O)c1ccc2cc(CC(=O)OCCP(=O)(OC)OC)oc2c1. The molecule has 2 aromatic rings. The summed E-state index contributed by atoms with van der Waals surface area (Å²) in [4.78, 5) is 23.4. The average molecular weight is 370 g/mol. The number of furan rings is 1. The molecule has 2 rings (SSSR count). The zero-order valence-corrected chi connectivity index (χ0v) is 15.0. The van der Waals surface area contributed by atoms with Crippen molar-refractivity contribution in [3.8, 4) is 0 Å². The number of rotatable bonds is 8. The Morgan fingerprint density at radius 3 is 2.48 bits per heavy atom. The first-order chi connectivity index (χ1) is 11.9. The Hall–Kier alpha value is -2.15. The Balaban J connectivity index is 1.97. The molecule has 0 atom stereocenters. The van der Waals surface area contributed by atoms with Crippen LogP contribution in [0.25, 0.3) is 11.0 Å². The molecule has 0 aliphatic rings. The van der Waals surface area contributed by atoms with Crippen LogP contribution in [-0.2, 0) is 34.3 Å². The molecule has 1 aromatic heterocycles. The van der Waals surface area contributed by atoms with E-state index in [-0.39, 0.29) is 19.2 Å². The summed E-state index contributed by atoms with van der Waals surface area (Å²) >= 11 is 0. The van der Waals surface area contributed by atoms with Crippen LogP contribution in [0.5, 0.6) is 0 Å². The van der Waals surface area contributed by atoms with Crippen LogP contribution in [0.1, 0.15) is 16.1 Å². The van der Waals surface area contributed by atoms with Crippen molar-refractivity contribution < 1.29 is 37.1 Å². The number of esters is 2. The predicted octanol–water partition coefficient (Wildman–Crippen LogP) is 2.79. The van der Waals surface area contributed by atoms with E-state index in [4.69, 9.17) is 18.2 Å². The van der Waals surface area contributed by atoms with Gasteiger partial charge >= 0.3 is 19.5 Å². The summed E-state index contributed by atoms with van der Waals surface area (Å²) in [5.41, 5.74) is 0.822. The van der Waals surface area contributed by atoms with Gasteiger partial charge in [-0.25, -0.2) is 4.79 Å².